The monoisotopic (exact) mass is 354 g/mol. The molecule has 0 saturated carbocycles. The van der Waals surface area contributed by atoms with Gasteiger partial charge in [0, 0.05) is 21.8 Å². The molecule has 1 heterocycles. The Morgan fingerprint density at radius 1 is 1.50 bits per heavy atom. The van der Waals surface area contributed by atoms with Crippen LogP contribution in [0.5, 0.6) is 0 Å². The quantitative estimate of drug-likeness (QED) is 0.674. The van der Waals surface area contributed by atoms with Crippen LogP contribution in [0.2, 0.25) is 0 Å². The third kappa shape index (κ3) is 3.13. The molecule has 106 valence electrons. The van der Waals surface area contributed by atoms with Crippen LogP contribution in [0.1, 0.15) is 15.2 Å². The second-order valence-electron chi connectivity index (χ2n) is 4.32. The van der Waals surface area contributed by atoms with Crippen LogP contribution in [0.3, 0.4) is 0 Å². The number of methoxy groups -OCH3 is 1. The fourth-order valence-electron chi connectivity index (χ4n) is 1.93. The van der Waals surface area contributed by atoms with Gasteiger partial charge in [0.25, 0.3) is 0 Å². The lowest BCUT2D eigenvalue weighted by Gasteiger charge is -2.21. The average molecular weight is 355 g/mol. The number of nitrogens with zero attached hydrogens (tertiary/aromatic N) is 1. The maximum Gasteiger partial charge on any atom is 0.340 e. The summed E-state index contributed by atoms with van der Waals surface area (Å²) in [5.74, 6) is -0.420. The summed E-state index contributed by atoms with van der Waals surface area (Å²) in [6.07, 6.45) is 0. The number of esters is 1. The summed E-state index contributed by atoms with van der Waals surface area (Å²) in [5, 5.41) is 2.04. The van der Waals surface area contributed by atoms with Crippen molar-refractivity contribution in [3.63, 3.8) is 0 Å². The van der Waals surface area contributed by atoms with Gasteiger partial charge in [-0.1, -0.05) is 6.07 Å². The zero-order chi connectivity index (χ0) is 14.7. The van der Waals surface area contributed by atoms with Gasteiger partial charge in [0.15, 0.2) is 0 Å². The van der Waals surface area contributed by atoms with Crippen LogP contribution in [0.4, 0.5) is 11.4 Å². The van der Waals surface area contributed by atoms with Gasteiger partial charge in [0.2, 0.25) is 0 Å². The number of hydrogen-bond acceptors (Lipinski definition) is 5. The van der Waals surface area contributed by atoms with Crippen molar-refractivity contribution in [3.05, 3.63) is 44.6 Å². The molecule has 0 atom stereocenters. The fraction of sp³-hybridized carbons (Fsp3) is 0.214. The van der Waals surface area contributed by atoms with Crippen molar-refractivity contribution in [3.8, 4) is 0 Å². The van der Waals surface area contributed by atoms with Crippen LogP contribution in [-0.2, 0) is 11.3 Å². The van der Waals surface area contributed by atoms with E-state index < -0.39 is 5.97 Å². The minimum absolute atomic E-state index is 0.393. The summed E-state index contributed by atoms with van der Waals surface area (Å²) in [6, 6.07) is 7.44. The van der Waals surface area contributed by atoms with E-state index in [1.165, 1.54) is 12.0 Å². The summed E-state index contributed by atoms with van der Waals surface area (Å²) in [6.45, 7) is 0.727. The van der Waals surface area contributed by atoms with Gasteiger partial charge in [-0.3, -0.25) is 0 Å². The highest BCUT2D eigenvalue weighted by Gasteiger charge is 2.15. The van der Waals surface area contributed by atoms with Crippen molar-refractivity contribution in [2.75, 3.05) is 24.8 Å². The molecule has 20 heavy (non-hydrogen) atoms. The van der Waals surface area contributed by atoms with Gasteiger partial charge in [0.05, 0.1) is 30.6 Å². The zero-order valence-electron chi connectivity index (χ0n) is 11.2. The SMILES string of the molecule is COC(=O)c1cccc(N(C)Cc2cc(Br)cs2)c1N. The summed E-state index contributed by atoms with van der Waals surface area (Å²) in [7, 11) is 3.29. The summed E-state index contributed by atoms with van der Waals surface area (Å²) in [4.78, 5) is 14.9. The first-order valence-corrected chi connectivity index (χ1v) is 7.61. The Hall–Kier alpha value is -1.53. The molecular weight excluding hydrogens is 340 g/mol. The van der Waals surface area contributed by atoms with Crippen LogP contribution in [0.15, 0.2) is 34.1 Å². The lowest BCUT2D eigenvalue weighted by molar-refractivity contribution is 0.0602. The minimum atomic E-state index is -0.420. The molecule has 0 aliphatic carbocycles. The maximum atomic E-state index is 11.6. The number of anilines is 2. The van der Waals surface area contributed by atoms with E-state index in [9.17, 15) is 4.79 Å². The first-order valence-electron chi connectivity index (χ1n) is 5.93. The smallest absolute Gasteiger partial charge is 0.340 e. The van der Waals surface area contributed by atoms with Crippen LogP contribution in [0, 0.1) is 0 Å². The number of thiophene rings is 1. The third-order valence-corrected chi connectivity index (χ3v) is 4.60. The second kappa shape index (κ2) is 6.28. The van der Waals surface area contributed by atoms with E-state index >= 15 is 0 Å². The van der Waals surface area contributed by atoms with Crippen LogP contribution >= 0.6 is 27.3 Å². The van der Waals surface area contributed by atoms with Gasteiger partial charge in [-0.25, -0.2) is 4.79 Å². The number of hydrogen-bond donors (Lipinski definition) is 1. The number of para-hydroxylation sites is 1. The van der Waals surface area contributed by atoms with Crippen molar-refractivity contribution in [1.29, 1.82) is 0 Å². The number of rotatable bonds is 4. The molecule has 6 heteroatoms. The van der Waals surface area contributed by atoms with Crippen LogP contribution in [-0.4, -0.2) is 20.1 Å². The minimum Gasteiger partial charge on any atom is -0.465 e. The molecule has 0 amide bonds. The van der Waals surface area contributed by atoms with Gasteiger partial charge in [-0.2, -0.15) is 0 Å². The van der Waals surface area contributed by atoms with E-state index in [2.05, 4.69) is 22.0 Å². The molecule has 4 nitrogen and oxygen atoms in total. The fourth-order valence-corrected chi connectivity index (χ4v) is 3.43. The largest absolute Gasteiger partial charge is 0.465 e. The third-order valence-electron chi connectivity index (χ3n) is 2.91. The molecule has 0 unspecified atom stereocenters. The Kier molecular flexibility index (Phi) is 4.67. The lowest BCUT2D eigenvalue weighted by atomic mass is 10.1. The standard InChI is InChI=1S/C14H15BrN2O2S/c1-17(7-10-6-9(15)8-20-10)12-5-3-4-11(13(12)16)14(18)19-2/h3-6,8H,7,16H2,1-2H3. The van der Waals surface area contributed by atoms with Crippen molar-refractivity contribution in [2.24, 2.45) is 0 Å². The van der Waals surface area contributed by atoms with Gasteiger partial charge in [-0.15, -0.1) is 11.3 Å². The summed E-state index contributed by atoms with van der Waals surface area (Å²) >= 11 is 5.11. The Balaban J connectivity index is 2.26. The Morgan fingerprint density at radius 2 is 2.25 bits per heavy atom. The number of halogens is 1. The first-order chi connectivity index (χ1) is 9.52. The zero-order valence-corrected chi connectivity index (χ0v) is 13.6. The number of ether oxygens (including phenoxy) is 1. The highest BCUT2D eigenvalue weighted by atomic mass is 79.9. The predicted molar refractivity (Wildman–Crippen MR) is 86.3 cm³/mol. The molecular formula is C14H15BrN2O2S. The van der Waals surface area contributed by atoms with Crippen molar-refractivity contribution in [1.82, 2.24) is 0 Å². The van der Waals surface area contributed by atoms with E-state index in [1.54, 1.807) is 23.5 Å². The number of carbonyl (C=O) groups excluding carboxylic acids is 1. The highest BCUT2D eigenvalue weighted by molar-refractivity contribution is 9.10. The summed E-state index contributed by atoms with van der Waals surface area (Å²) in [5.41, 5.74) is 7.72. The summed E-state index contributed by atoms with van der Waals surface area (Å²) < 4.78 is 5.80. The van der Waals surface area contributed by atoms with Gasteiger partial charge in [0.1, 0.15) is 0 Å². The van der Waals surface area contributed by atoms with Crippen LogP contribution in [0.25, 0.3) is 0 Å². The molecule has 0 spiro atoms. The molecule has 2 aromatic rings. The van der Waals surface area contributed by atoms with E-state index in [0.29, 0.717) is 11.3 Å². The lowest BCUT2D eigenvalue weighted by Crippen LogP contribution is -2.18. The second-order valence-corrected chi connectivity index (χ2v) is 6.23. The van der Waals surface area contributed by atoms with E-state index in [-0.39, 0.29) is 0 Å². The Labute approximate surface area is 130 Å². The molecule has 1 aromatic carbocycles. The molecule has 2 rings (SSSR count). The van der Waals surface area contributed by atoms with Gasteiger partial charge >= 0.3 is 5.97 Å². The van der Waals surface area contributed by atoms with Crippen molar-refractivity contribution >= 4 is 44.6 Å². The number of nitrogens with two attached hydrogens (primary N) is 1. The number of nitrogen functional groups attached to an aromatic ring is 1. The Bertz CT molecular complexity index is 627. The number of carbonyl (C=O) groups is 1. The maximum absolute atomic E-state index is 11.6. The van der Waals surface area contributed by atoms with Gasteiger partial charge in [-0.05, 0) is 34.1 Å². The first kappa shape index (κ1) is 14.9. The molecule has 1 aromatic heterocycles. The molecule has 0 bridgehead atoms. The van der Waals surface area contributed by atoms with Crippen molar-refractivity contribution < 1.29 is 9.53 Å². The van der Waals surface area contributed by atoms with Crippen LogP contribution < -0.4 is 10.6 Å². The van der Waals surface area contributed by atoms with E-state index in [1.807, 2.05) is 23.4 Å². The number of benzene rings is 1. The molecule has 0 aliphatic heterocycles. The molecule has 0 saturated heterocycles. The van der Waals surface area contributed by atoms with E-state index in [0.717, 1.165) is 16.7 Å². The normalized spacial score (nSPS) is 10.3. The highest BCUT2D eigenvalue weighted by Crippen LogP contribution is 2.29. The van der Waals surface area contributed by atoms with E-state index in [4.69, 9.17) is 10.5 Å². The Morgan fingerprint density at radius 3 is 2.85 bits per heavy atom. The predicted octanol–water partition coefficient (Wildman–Crippen LogP) is 3.52. The van der Waals surface area contributed by atoms with Crippen molar-refractivity contribution in [2.45, 2.75) is 6.54 Å². The molecule has 0 aliphatic rings. The molecule has 2 N–H and O–H groups in total. The molecule has 0 radical (unpaired) electrons. The average Bonchev–Trinajstić information content (AvgIpc) is 2.83. The molecule has 0 fully saturated rings. The topological polar surface area (TPSA) is 55.6 Å². The van der Waals surface area contributed by atoms with Gasteiger partial charge < -0.3 is 15.4 Å².